The fourth-order valence-electron chi connectivity index (χ4n) is 16.9. The first-order chi connectivity index (χ1) is 48.9. The molecule has 2 aliphatic heterocycles. The third-order valence-corrected chi connectivity index (χ3v) is 25.3. The molecule has 0 radical (unpaired) electrons. The van der Waals surface area contributed by atoms with Crippen LogP contribution in [0.4, 0.5) is 19.2 Å². The van der Waals surface area contributed by atoms with Crippen molar-refractivity contribution in [2.75, 3.05) is 53.0 Å². The van der Waals surface area contributed by atoms with Gasteiger partial charge in [0, 0.05) is 39.8 Å². The Kier molecular flexibility index (Phi) is 26.0. The van der Waals surface area contributed by atoms with Crippen LogP contribution in [-0.4, -0.2) is 182 Å². The van der Waals surface area contributed by atoms with E-state index in [0.29, 0.717) is 62.7 Å². The Labute approximate surface area is 616 Å². The zero-order chi connectivity index (χ0) is 76.0. The summed E-state index contributed by atoms with van der Waals surface area (Å²) in [6.45, 7) is 29.7. The molecule has 26 heteroatoms. The van der Waals surface area contributed by atoms with Gasteiger partial charge in [-0.15, -0.1) is 6.58 Å². The number of urea groups is 2. The monoisotopic (exact) mass is 1450 g/mol. The largest absolute Gasteiger partial charge is 0.447 e. The van der Waals surface area contributed by atoms with Gasteiger partial charge >= 0.3 is 24.2 Å². The summed E-state index contributed by atoms with van der Waals surface area (Å²) in [6.07, 6.45) is 20.0. The molecule has 10 N–H and O–H groups in total. The second kappa shape index (κ2) is 33.4. The number of nitrogens with zero attached hydrogens (tertiary/aromatic N) is 2. The van der Waals surface area contributed by atoms with Gasteiger partial charge in [-0.3, -0.25) is 38.4 Å². The van der Waals surface area contributed by atoms with Crippen molar-refractivity contribution >= 4 is 71.3 Å². The fraction of sp³-hybridized carbons (Fsp3) is 0.821. The standard InChI is InChI=1S/C40H64N6O7.C38H62N6O7/c1-8-20-41-34(49)31(47)27(17-16-24-12-13-24)43-33(48)30-29-26(39(29,5)6)22-46(30)35(50)32(40(7)18-10-9-11-19-40)45-36(51)44-28(38(2,3)4)23-53-37(52)42-21-25-14-15-25;1-36(2,3)26(21-51-35(50)40-19-23-13-14-23)42-34(49)43-30(38(6)17-9-8-10-18-38)33(48)44-20-24-27(37(24,4)5)28(44)31(46)41-25(16-15-22-11-12-22)29(45)32(47)39-7/h8,24-30,32H,1,9-23H2,2-7H3,(H,41,49)(H,42,52)(H,43,48)(H2,44,45,51);22-28,30H,8-21H2,1-7H3,(H,39,47)(H,40,50)(H,41,46)(H2,42,43,49)/t26-,27?,28+,29-,30-,32+;24-,25?,26+,27-,28-,30+/m00/s1. The zero-order valence-electron chi connectivity index (χ0n) is 64.6. The average molecular weight is 1460 g/mol. The molecule has 12 atom stereocenters. The molecule has 2 saturated heterocycles. The minimum atomic E-state index is -1.01. The summed E-state index contributed by atoms with van der Waals surface area (Å²) in [6, 6.07) is -7.65. The van der Waals surface area contributed by atoms with Gasteiger partial charge in [0.15, 0.2) is 0 Å². The maximum absolute atomic E-state index is 14.9. The van der Waals surface area contributed by atoms with Crippen LogP contribution < -0.4 is 53.2 Å². The van der Waals surface area contributed by atoms with Crippen molar-refractivity contribution in [1.29, 1.82) is 0 Å². The highest BCUT2D eigenvalue weighted by Crippen LogP contribution is 2.66. The van der Waals surface area contributed by atoms with Crippen LogP contribution in [0.15, 0.2) is 12.7 Å². The molecule has 10 rings (SSSR count). The van der Waals surface area contributed by atoms with Crippen LogP contribution in [-0.2, 0) is 47.8 Å². The molecule has 582 valence electrons. The second-order valence-corrected chi connectivity index (χ2v) is 36.5. The van der Waals surface area contributed by atoms with Gasteiger partial charge < -0.3 is 72.4 Å². The normalized spacial score (nSPS) is 26.1. The smallest absolute Gasteiger partial charge is 0.407 e. The summed E-state index contributed by atoms with van der Waals surface area (Å²) in [7, 11) is 1.40. The van der Waals surface area contributed by atoms with Gasteiger partial charge in [0.05, 0.1) is 24.2 Å². The molecule has 2 unspecified atom stereocenters. The number of likely N-dealkylation sites (tertiary alicyclic amines) is 2. The quantitative estimate of drug-likeness (QED) is 0.0226. The number of rotatable bonds is 32. The van der Waals surface area contributed by atoms with Gasteiger partial charge in [-0.05, 0) is 157 Å². The number of amides is 12. The van der Waals surface area contributed by atoms with E-state index in [-0.39, 0.29) is 66.1 Å². The molecule has 10 fully saturated rings. The molecule has 8 aliphatic carbocycles. The molecule has 8 saturated carbocycles. The summed E-state index contributed by atoms with van der Waals surface area (Å²) in [5, 5.41) is 28.4. The topological polar surface area (TPSA) is 350 Å². The highest BCUT2D eigenvalue weighted by Gasteiger charge is 2.71. The number of alkyl carbamates (subject to hydrolysis) is 2. The van der Waals surface area contributed by atoms with E-state index in [1.165, 1.54) is 13.1 Å². The first-order valence-corrected chi connectivity index (χ1v) is 39.3. The van der Waals surface area contributed by atoms with Crippen LogP contribution in [0.3, 0.4) is 0 Å². The lowest BCUT2D eigenvalue weighted by atomic mass is 9.70. The van der Waals surface area contributed by atoms with Gasteiger partial charge in [-0.25, -0.2) is 19.2 Å². The lowest BCUT2D eigenvalue weighted by molar-refractivity contribution is -0.146. The minimum absolute atomic E-state index is 0.0349. The number of carbonyl (C=O) groups excluding carboxylic acids is 12. The number of nitrogens with one attached hydrogen (secondary N) is 10. The molecule has 104 heavy (non-hydrogen) atoms. The molecule has 0 aromatic carbocycles. The maximum atomic E-state index is 14.9. The Morgan fingerprint density at radius 2 is 0.837 bits per heavy atom. The molecule has 0 aromatic rings. The Hall–Kier alpha value is -7.02. The van der Waals surface area contributed by atoms with Crippen molar-refractivity contribution in [2.24, 2.45) is 79.8 Å². The Morgan fingerprint density at radius 1 is 0.481 bits per heavy atom. The average Bonchev–Trinajstić information content (AvgIpc) is 1.53. The van der Waals surface area contributed by atoms with E-state index >= 15 is 0 Å². The van der Waals surface area contributed by atoms with Crippen LogP contribution in [0.5, 0.6) is 0 Å². The van der Waals surface area contributed by atoms with Gasteiger partial charge in [0.25, 0.3) is 11.8 Å². The van der Waals surface area contributed by atoms with Gasteiger partial charge in [-0.1, -0.05) is 153 Å². The van der Waals surface area contributed by atoms with Gasteiger partial charge in [0.1, 0.15) is 37.4 Å². The summed E-state index contributed by atoms with van der Waals surface area (Å²) in [5.74, 6) is -2.46. The number of piperidine rings is 2. The van der Waals surface area contributed by atoms with Gasteiger partial charge in [0.2, 0.25) is 35.2 Å². The predicted molar refractivity (Wildman–Crippen MR) is 392 cm³/mol. The van der Waals surface area contributed by atoms with Gasteiger partial charge in [-0.2, -0.15) is 0 Å². The molecular formula is C78H126N12O14. The zero-order valence-corrected chi connectivity index (χ0v) is 64.6. The number of likely N-dealkylation sites (N-methyl/N-ethyl adjacent to an activating group) is 1. The number of fused-ring (bicyclic) bond motifs is 2. The first-order valence-electron chi connectivity index (χ1n) is 39.3. The van der Waals surface area contributed by atoms with E-state index < -0.39 is 129 Å². The molecule has 12 amide bonds. The van der Waals surface area contributed by atoms with E-state index in [1.807, 2.05) is 55.4 Å². The van der Waals surface area contributed by atoms with E-state index in [2.05, 4.69) is 87.4 Å². The number of hydrogen-bond donors (Lipinski definition) is 10. The highest BCUT2D eigenvalue weighted by molar-refractivity contribution is 6.39. The first kappa shape index (κ1) is 81.1. The van der Waals surface area contributed by atoms with Crippen LogP contribution in [0, 0.1) is 79.8 Å². The van der Waals surface area contributed by atoms with Crippen molar-refractivity contribution in [3.8, 4) is 0 Å². The van der Waals surface area contributed by atoms with Crippen LogP contribution in [0.1, 0.15) is 224 Å². The highest BCUT2D eigenvalue weighted by atomic mass is 16.6. The lowest BCUT2D eigenvalue weighted by Gasteiger charge is -2.43. The third kappa shape index (κ3) is 20.8. The Balaban J connectivity index is 0.000000241. The molecule has 0 aromatic heterocycles. The summed E-state index contributed by atoms with van der Waals surface area (Å²) < 4.78 is 11.0. The Morgan fingerprint density at radius 3 is 1.16 bits per heavy atom. The second-order valence-electron chi connectivity index (χ2n) is 36.5. The number of hydrogen-bond acceptors (Lipinski definition) is 14. The molecule has 0 spiro atoms. The van der Waals surface area contributed by atoms with Crippen LogP contribution in [0.2, 0.25) is 0 Å². The van der Waals surface area contributed by atoms with Crippen molar-refractivity contribution in [2.45, 2.75) is 273 Å². The molecule has 10 aliphatic rings. The summed E-state index contributed by atoms with van der Waals surface area (Å²) in [4.78, 5) is 165. The lowest BCUT2D eigenvalue weighted by Crippen LogP contribution is -2.63. The fourth-order valence-corrected chi connectivity index (χ4v) is 16.9. The molecular weight excluding hydrogens is 1330 g/mol. The number of ketones is 2. The minimum Gasteiger partial charge on any atom is -0.447 e. The summed E-state index contributed by atoms with van der Waals surface area (Å²) >= 11 is 0. The number of ether oxygens (including phenoxy) is 2. The van der Waals surface area contributed by atoms with Crippen molar-refractivity contribution in [3.05, 3.63) is 12.7 Å². The maximum Gasteiger partial charge on any atom is 0.407 e. The molecule has 0 bridgehead atoms. The van der Waals surface area contributed by atoms with Crippen LogP contribution >= 0.6 is 0 Å². The van der Waals surface area contributed by atoms with E-state index in [0.717, 1.165) is 128 Å². The Bertz CT molecular complexity index is 3170. The molecule has 2 heterocycles. The van der Waals surface area contributed by atoms with E-state index in [9.17, 15) is 57.5 Å². The third-order valence-electron chi connectivity index (χ3n) is 25.3. The van der Waals surface area contributed by atoms with E-state index in [1.54, 1.807) is 9.80 Å². The van der Waals surface area contributed by atoms with Crippen LogP contribution in [0.25, 0.3) is 0 Å². The van der Waals surface area contributed by atoms with E-state index in [4.69, 9.17) is 9.47 Å². The van der Waals surface area contributed by atoms with Crippen molar-refractivity contribution in [3.63, 3.8) is 0 Å². The van der Waals surface area contributed by atoms with Crippen molar-refractivity contribution < 1.29 is 67.0 Å². The SMILES string of the molecule is C=CCNC(=O)C(=O)C(CCC1CC1)NC(=O)[C@@H]1[C@@H]2[C@H](CN1C(=O)[C@@H](NC(=O)N[C@H](COC(=O)NCC1CC1)C(C)(C)C)C1(C)CCCCC1)C2(C)C.CNC(=O)C(=O)C(CCC1CC1)NC(=O)[C@@H]1[C@@H]2[C@H](CN1C(=O)[C@@H](NC(=O)N[C@H](COC(=O)NCC1CC1)C(C)(C)C)C1(C)CCCCC1)C2(C)C. The summed E-state index contributed by atoms with van der Waals surface area (Å²) in [5.41, 5.74) is -2.40. The number of Topliss-reactive ketones (excluding diaryl/α,β-unsaturated/α-hetero) is 2. The van der Waals surface area contributed by atoms with Crippen molar-refractivity contribution in [1.82, 2.24) is 63.0 Å². The number of carbonyl (C=O) groups is 12. The molecule has 26 nitrogen and oxygen atoms in total. The predicted octanol–water partition coefficient (Wildman–Crippen LogP) is 7.85.